The lowest BCUT2D eigenvalue weighted by Crippen LogP contribution is -2.34. The summed E-state index contributed by atoms with van der Waals surface area (Å²) in [5, 5.41) is 18.3. The van der Waals surface area contributed by atoms with Crippen LogP contribution < -0.4 is 0 Å². The number of carbonyl (C=O) groups is 1. The SMILES string of the molecule is O=C(O)C(O)C1(COCc2ccccc2)CC1. The third-order valence-electron chi connectivity index (χ3n) is 3.21. The zero-order chi connectivity index (χ0) is 12.3. The third kappa shape index (κ3) is 2.84. The molecule has 1 unspecified atom stereocenters. The number of carboxylic acid groups (broad SMARTS) is 1. The van der Waals surface area contributed by atoms with E-state index in [9.17, 15) is 9.90 Å². The van der Waals surface area contributed by atoms with E-state index >= 15 is 0 Å². The molecule has 0 heterocycles. The van der Waals surface area contributed by atoms with Crippen LogP contribution in [0.15, 0.2) is 30.3 Å². The second-order valence-corrected chi connectivity index (χ2v) is 4.58. The Kier molecular flexibility index (Phi) is 3.45. The number of hydrogen-bond donors (Lipinski definition) is 2. The van der Waals surface area contributed by atoms with Gasteiger partial charge in [0.1, 0.15) is 0 Å². The lowest BCUT2D eigenvalue weighted by molar-refractivity contribution is -0.152. The van der Waals surface area contributed by atoms with Gasteiger partial charge in [0.15, 0.2) is 6.10 Å². The molecule has 0 spiro atoms. The van der Waals surface area contributed by atoms with Gasteiger partial charge in [0.25, 0.3) is 0 Å². The summed E-state index contributed by atoms with van der Waals surface area (Å²) in [6, 6.07) is 9.69. The summed E-state index contributed by atoms with van der Waals surface area (Å²) in [4.78, 5) is 10.7. The molecular weight excluding hydrogens is 220 g/mol. The molecule has 1 fully saturated rings. The number of rotatable bonds is 6. The fourth-order valence-corrected chi connectivity index (χ4v) is 1.87. The Hall–Kier alpha value is -1.39. The zero-order valence-electron chi connectivity index (χ0n) is 9.50. The Morgan fingerprint density at radius 1 is 1.35 bits per heavy atom. The minimum Gasteiger partial charge on any atom is -0.479 e. The maximum atomic E-state index is 10.7. The van der Waals surface area contributed by atoms with E-state index in [0.29, 0.717) is 13.2 Å². The van der Waals surface area contributed by atoms with Crippen LogP contribution in [0.3, 0.4) is 0 Å². The largest absolute Gasteiger partial charge is 0.479 e. The molecule has 92 valence electrons. The normalized spacial score (nSPS) is 18.6. The number of carboxylic acids is 1. The highest BCUT2D eigenvalue weighted by Gasteiger charge is 2.52. The van der Waals surface area contributed by atoms with Crippen LogP contribution in [0.2, 0.25) is 0 Å². The van der Waals surface area contributed by atoms with Gasteiger partial charge < -0.3 is 14.9 Å². The fraction of sp³-hybridized carbons (Fsp3) is 0.462. The molecule has 0 bridgehead atoms. The van der Waals surface area contributed by atoms with E-state index in [1.54, 1.807) is 0 Å². The molecule has 0 amide bonds. The van der Waals surface area contributed by atoms with Crippen LogP contribution in [-0.2, 0) is 16.1 Å². The van der Waals surface area contributed by atoms with Crippen molar-refractivity contribution in [3.8, 4) is 0 Å². The van der Waals surface area contributed by atoms with Crippen molar-refractivity contribution in [2.45, 2.75) is 25.6 Å². The average molecular weight is 236 g/mol. The van der Waals surface area contributed by atoms with Crippen LogP contribution in [0.1, 0.15) is 18.4 Å². The highest BCUT2D eigenvalue weighted by atomic mass is 16.5. The van der Waals surface area contributed by atoms with Crippen molar-refractivity contribution in [2.24, 2.45) is 5.41 Å². The molecule has 1 aromatic carbocycles. The zero-order valence-corrected chi connectivity index (χ0v) is 9.50. The molecule has 2 N–H and O–H groups in total. The molecule has 1 aliphatic carbocycles. The smallest absolute Gasteiger partial charge is 0.333 e. The summed E-state index contributed by atoms with van der Waals surface area (Å²) < 4.78 is 5.49. The quantitative estimate of drug-likeness (QED) is 0.784. The van der Waals surface area contributed by atoms with Gasteiger partial charge in [0, 0.05) is 5.41 Å². The Labute approximate surface area is 99.8 Å². The fourth-order valence-electron chi connectivity index (χ4n) is 1.87. The second-order valence-electron chi connectivity index (χ2n) is 4.58. The van der Waals surface area contributed by atoms with Crippen molar-refractivity contribution in [2.75, 3.05) is 6.61 Å². The average Bonchev–Trinajstić information content (AvgIpc) is 3.10. The maximum Gasteiger partial charge on any atom is 0.333 e. The van der Waals surface area contributed by atoms with Crippen molar-refractivity contribution >= 4 is 5.97 Å². The summed E-state index contributed by atoms with van der Waals surface area (Å²) in [6.07, 6.45) is 0.128. The predicted molar refractivity (Wildman–Crippen MR) is 61.4 cm³/mol. The van der Waals surface area contributed by atoms with Crippen molar-refractivity contribution in [3.63, 3.8) is 0 Å². The standard InChI is InChI=1S/C13H16O4/c14-11(12(15)16)13(6-7-13)9-17-8-10-4-2-1-3-5-10/h1-5,11,14H,6-9H2,(H,15,16). The van der Waals surface area contributed by atoms with Crippen LogP contribution in [0.5, 0.6) is 0 Å². The summed E-state index contributed by atoms with van der Waals surface area (Å²) in [5.74, 6) is -1.16. The summed E-state index contributed by atoms with van der Waals surface area (Å²) in [7, 11) is 0. The van der Waals surface area contributed by atoms with E-state index in [4.69, 9.17) is 9.84 Å². The molecule has 4 heteroatoms. The number of aliphatic hydroxyl groups excluding tert-OH is 1. The van der Waals surface area contributed by atoms with Gasteiger partial charge in [-0.15, -0.1) is 0 Å². The Balaban J connectivity index is 1.81. The first-order valence-electron chi connectivity index (χ1n) is 5.67. The molecule has 0 saturated heterocycles. The number of aliphatic hydroxyl groups is 1. The van der Waals surface area contributed by atoms with Gasteiger partial charge in [-0.3, -0.25) is 0 Å². The van der Waals surface area contributed by atoms with Gasteiger partial charge in [-0.25, -0.2) is 4.79 Å². The molecule has 1 saturated carbocycles. The molecule has 1 atom stereocenters. The molecule has 17 heavy (non-hydrogen) atoms. The maximum absolute atomic E-state index is 10.7. The summed E-state index contributed by atoms with van der Waals surface area (Å²) in [6.45, 7) is 0.754. The number of aliphatic carboxylic acids is 1. The molecule has 1 aliphatic rings. The minimum atomic E-state index is -1.31. The first-order valence-corrected chi connectivity index (χ1v) is 5.67. The highest BCUT2D eigenvalue weighted by molar-refractivity contribution is 5.73. The molecule has 1 aromatic rings. The van der Waals surface area contributed by atoms with Gasteiger partial charge in [0.05, 0.1) is 13.2 Å². The van der Waals surface area contributed by atoms with Gasteiger partial charge in [0.2, 0.25) is 0 Å². The van der Waals surface area contributed by atoms with Crippen molar-refractivity contribution < 1.29 is 19.7 Å². The van der Waals surface area contributed by atoms with E-state index in [2.05, 4.69) is 0 Å². The van der Waals surface area contributed by atoms with E-state index in [1.807, 2.05) is 30.3 Å². The van der Waals surface area contributed by atoms with E-state index < -0.39 is 17.5 Å². The minimum absolute atomic E-state index is 0.301. The lowest BCUT2D eigenvalue weighted by Gasteiger charge is -2.18. The summed E-state index contributed by atoms with van der Waals surface area (Å²) >= 11 is 0. The molecular formula is C13H16O4. The van der Waals surface area contributed by atoms with Crippen LogP contribution in [0.4, 0.5) is 0 Å². The monoisotopic (exact) mass is 236 g/mol. The molecule has 0 radical (unpaired) electrons. The lowest BCUT2D eigenvalue weighted by atomic mass is 10.0. The van der Waals surface area contributed by atoms with Crippen LogP contribution in [-0.4, -0.2) is 28.9 Å². The Morgan fingerprint density at radius 2 is 2.00 bits per heavy atom. The number of ether oxygens (including phenoxy) is 1. The van der Waals surface area contributed by atoms with Crippen molar-refractivity contribution in [3.05, 3.63) is 35.9 Å². The van der Waals surface area contributed by atoms with Crippen LogP contribution in [0, 0.1) is 5.41 Å². The van der Waals surface area contributed by atoms with Gasteiger partial charge in [-0.2, -0.15) is 0 Å². The van der Waals surface area contributed by atoms with Gasteiger partial charge in [-0.05, 0) is 18.4 Å². The second kappa shape index (κ2) is 4.85. The number of hydrogen-bond acceptors (Lipinski definition) is 3. The van der Waals surface area contributed by atoms with Crippen molar-refractivity contribution in [1.29, 1.82) is 0 Å². The topological polar surface area (TPSA) is 66.8 Å². The Bertz CT molecular complexity index is 384. The van der Waals surface area contributed by atoms with Crippen molar-refractivity contribution in [1.82, 2.24) is 0 Å². The Morgan fingerprint density at radius 3 is 2.53 bits per heavy atom. The molecule has 0 aromatic heterocycles. The first kappa shape index (κ1) is 12.1. The van der Waals surface area contributed by atoms with Gasteiger partial charge >= 0.3 is 5.97 Å². The number of benzene rings is 1. The van der Waals surface area contributed by atoms with E-state index in [0.717, 1.165) is 18.4 Å². The van der Waals surface area contributed by atoms with Crippen LogP contribution in [0.25, 0.3) is 0 Å². The van der Waals surface area contributed by atoms with Crippen LogP contribution >= 0.6 is 0 Å². The third-order valence-corrected chi connectivity index (χ3v) is 3.21. The van der Waals surface area contributed by atoms with E-state index in [-0.39, 0.29) is 0 Å². The predicted octanol–water partition coefficient (Wildman–Crippen LogP) is 1.43. The van der Waals surface area contributed by atoms with E-state index in [1.165, 1.54) is 0 Å². The first-order chi connectivity index (χ1) is 8.14. The molecule has 0 aliphatic heterocycles. The summed E-state index contributed by atoms with van der Waals surface area (Å²) in [5.41, 5.74) is 0.494. The molecule has 4 nitrogen and oxygen atoms in total. The van der Waals surface area contributed by atoms with Gasteiger partial charge in [-0.1, -0.05) is 30.3 Å². The highest BCUT2D eigenvalue weighted by Crippen LogP contribution is 2.49. The molecule has 2 rings (SSSR count).